The number of hydrogen-bond acceptors (Lipinski definition) is 4. The standard InChI is InChI=1S/C15H10Cl3N3O2S/c1-23-10-2-3-11(17)13(7-10)24-20-15(22)12-6-9-4-8(16)5-14(18)21(9)19-12/h2-7H,1H3,(H,20,22). The van der Waals surface area contributed by atoms with Crippen molar-refractivity contribution in [1.82, 2.24) is 14.3 Å². The van der Waals surface area contributed by atoms with Gasteiger partial charge in [0.1, 0.15) is 10.9 Å². The summed E-state index contributed by atoms with van der Waals surface area (Å²) in [5.41, 5.74) is 0.841. The quantitative estimate of drug-likeness (QED) is 0.506. The zero-order chi connectivity index (χ0) is 17.3. The molecule has 2 heterocycles. The van der Waals surface area contributed by atoms with Crippen molar-refractivity contribution < 1.29 is 9.53 Å². The maximum Gasteiger partial charge on any atom is 0.281 e. The maximum absolute atomic E-state index is 12.3. The molecule has 5 nitrogen and oxygen atoms in total. The van der Waals surface area contributed by atoms with Crippen LogP contribution in [0.1, 0.15) is 10.5 Å². The number of nitrogens with zero attached hydrogens (tertiary/aromatic N) is 2. The lowest BCUT2D eigenvalue weighted by Crippen LogP contribution is -2.16. The molecule has 1 amide bonds. The number of carbonyl (C=O) groups is 1. The van der Waals surface area contributed by atoms with Crippen molar-refractivity contribution in [2.75, 3.05) is 7.11 Å². The minimum Gasteiger partial charge on any atom is -0.497 e. The number of hydrogen-bond donors (Lipinski definition) is 1. The van der Waals surface area contributed by atoms with Crippen LogP contribution >= 0.6 is 46.8 Å². The van der Waals surface area contributed by atoms with E-state index in [9.17, 15) is 4.79 Å². The zero-order valence-electron chi connectivity index (χ0n) is 12.2. The topological polar surface area (TPSA) is 55.6 Å². The van der Waals surface area contributed by atoms with Crippen molar-refractivity contribution >= 4 is 58.2 Å². The third kappa shape index (κ3) is 3.57. The molecule has 3 aromatic rings. The van der Waals surface area contributed by atoms with Gasteiger partial charge in [-0.2, -0.15) is 5.10 Å². The summed E-state index contributed by atoms with van der Waals surface area (Å²) in [6.07, 6.45) is 0. The minimum atomic E-state index is -0.380. The van der Waals surface area contributed by atoms with Crippen LogP contribution in [0, 0.1) is 0 Å². The molecule has 0 aliphatic heterocycles. The highest BCUT2D eigenvalue weighted by molar-refractivity contribution is 7.98. The monoisotopic (exact) mass is 401 g/mol. The van der Waals surface area contributed by atoms with Gasteiger partial charge < -0.3 is 4.74 Å². The van der Waals surface area contributed by atoms with Crippen molar-refractivity contribution in [2.45, 2.75) is 4.90 Å². The molecule has 0 saturated heterocycles. The van der Waals surface area contributed by atoms with E-state index < -0.39 is 0 Å². The van der Waals surface area contributed by atoms with Gasteiger partial charge in [-0.1, -0.05) is 34.8 Å². The molecule has 24 heavy (non-hydrogen) atoms. The van der Waals surface area contributed by atoms with E-state index in [1.54, 1.807) is 43.5 Å². The molecule has 0 saturated carbocycles. The first-order chi connectivity index (χ1) is 11.5. The highest BCUT2D eigenvalue weighted by Gasteiger charge is 2.14. The van der Waals surface area contributed by atoms with Gasteiger partial charge >= 0.3 is 0 Å². The fourth-order valence-electron chi connectivity index (χ4n) is 1.98. The second kappa shape index (κ2) is 7.11. The molecule has 0 aliphatic rings. The van der Waals surface area contributed by atoms with Gasteiger partial charge in [-0.25, -0.2) is 4.52 Å². The number of ether oxygens (including phenoxy) is 1. The number of benzene rings is 1. The average molecular weight is 403 g/mol. The van der Waals surface area contributed by atoms with Crippen LogP contribution in [0.2, 0.25) is 15.2 Å². The molecule has 3 rings (SSSR count). The van der Waals surface area contributed by atoms with Gasteiger partial charge in [0.25, 0.3) is 5.91 Å². The first-order valence-electron chi connectivity index (χ1n) is 6.63. The molecule has 0 radical (unpaired) electrons. The molecule has 0 atom stereocenters. The molecule has 0 bridgehead atoms. The van der Waals surface area contributed by atoms with E-state index in [0.29, 0.717) is 31.4 Å². The summed E-state index contributed by atoms with van der Waals surface area (Å²) < 4.78 is 9.26. The number of nitrogens with one attached hydrogen (secondary N) is 1. The lowest BCUT2D eigenvalue weighted by atomic mass is 10.3. The Kier molecular flexibility index (Phi) is 5.10. The molecule has 9 heteroatoms. The van der Waals surface area contributed by atoms with Gasteiger partial charge in [-0.15, -0.1) is 0 Å². The van der Waals surface area contributed by atoms with Gasteiger partial charge in [-0.05, 0) is 48.3 Å². The highest BCUT2D eigenvalue weighted by atomic mass is 35.5. The van der Waals surface area contributed by atoms with Crippen LogP contribution in [0.3, 0.4) is 0 Å². The summed E-state index contributed by atoms with van der Waals surface area (Å²) in [5, 5.41) is 5.46. The van der Waals surface area contributed by atoms with Gasteiger partial charge in [-0.3, -0.25) is 9.52 Å². The highest BCUT2D eigenvalue weighted by Crippen LogP contribution is 2.29. The maximum atomic E-state index is 12.3. The van der Waals surface area contributed by atoms with Crippen LogP contribution in [-0.2, 0) is 0 Å². The van der Waals surface area contributed by atoms with Crippen molar-refractivity contribution in [3.63, 3.8) is 0 Å². The number of halogens is 3. The SMILES string of the molecule is COc1ccc(Cl)c(SNC(=O)c2cc3cc(Cl)cc(Cl)n3n2)c1. The fourth-order valence-corrected chi connectivity index (χ4v) is 3.39. The summed E-state index contributed by atoms with van der Waals surface area (Å²) in [6, 6.07) is 9.98. The summed E-state index contributed by atoms with van der Waals surface area (Å²) in [7, 11) is 1.56. The van der Waals surface area contributed by atoms with Gasteiger partial charge in [0.2, 0.25) is 0 Å². The Morgan fingerprint density at radius 2 is 2.00 bits per heavy atom. The van der Waals surface area contributed by atoms with Crippen LogP contribution in [0.4, 0.5) is 0 Å². The number of amides is 1. The van der Waals surface area contributed by atoms with E-state index in [-0.39, 0.29) is 11.6 Å². The van der Waals surface area contributed by atoms with Crippen LogP contribution in [0.15, 0.2) is 41.3 Å². The Labute approximate surface area is 157 Å². The van der Waals surface area contributed by atoms with Crippen LogP contribution < -0.4 is 9.46 Å². The zero-order valence-corrected chi connectivity index (χ0v) is 15.3. The van der Waals surface area contributed by atoms with Crippen molar-refractivity contribution in [1.29, 1.82) is 0 Å². The van der Waals surface area contributed by atoms with Crippen LogP contribution in [0.25, 0.3) is 5.52 Å². The van der Waals surface area contributed by atoms with Crippen LogP contribution in [-0.4, -0.2) is 22.6 Å². The number of fused-ring (bicyclic) bond motifs is 1. The normalized spacial score (nSPS) is 10.8. The predicted molar refractivity (Wildman–Crippen MR) is 96.5 cm³/mol. The van der Waals surface area contributed by atoms with Crippen LogP contribution in [0.5, 0.6) is 5.75 Å². The number of rotatable bonds is 4. The van der Waals surface area contributed by atoms with E-state index in [0.717, 1.165) is 11.9 Å². The van der Waals surface area contributed by atoms with Crippen molar-refractivity contribution in [3.8, 4) is 5.75 Å². The summed E-state index contributed by atoms with van der Waals surface area (Å²) >= 11 is 19.2. The molecule has 124 valence electrons. The molecular formula is C15H10Cl3N3O2S. The lowest BCUT2D eigenvalue weighted by Gasteiger charge is -2.06. The van der Waals surface area contributed by atoms with Gasteiger partial charge in [0, 0.05) is 5.02 Å². The lowest BCUT2D eigenvalue weighted by molar-refractivity contribution is 0.0979. The number of carbonyl (C=O) groups excluding carboxylic acids is 1. The van der Waals surface area contributed by atoms with Gasteiger partial charge in [0.15, 0.2) is 5.69 Å². The molecule has 2 aromatic heterocycles. The minimum absolute atomic E-state index is 0.214. The largest absolute Gasteiger partial charge is 0.497 e. The first-order valence-corrected chi connectivity index (χ1v) is 8.58. The number of pyridine rings is 1. The summed E-state index contributed by atoms with van der Waals surface area (Å²) in [6.45, 7) is 0. The Bertz CT molecular complexity index is 930. The van der Waals surface area contributed by atoms with E-state index in [4.69, 9.17) is 39.5 Å². The van der Waals surface area contributed by atoms with E-state index >= 15 is 0 Å². The molecule has 0 aliphatic carbocycles. The summed E-state index contributed by atoms with van der Waals surface area (Å²) in [5.74, 6) is 0.264. The molecule has 0 unspecified atom stereocenters. The van der Waals surface area contributed by atoms with E-state index in [1.165, 1.54) is 4.52 Å². The Hall–Kier alpha value is -1.60. The third-order valence-corrected chi connectivity index (χ3v) is 4.88. The second-order valence-corrected chi connectivity index (χ2v) is 6.77. The van der Waals surface area contributed by atoms with E-state index in [1.807, 2.05) is 0 Å². The number of aromatic nitrogens is 2. The Balaban J connectivity index is 1.79. The molecular weight excluding hydrogens is 393 g/mol. The first kappa shape index (κ1) is 17.2. The third-order valence-electron chi connectivity index (χ3n) is 3.11. The molecule has 0 fully saturated rings. The van der Waals surface area contributed by atoms with Crippen molar-refractivity contribution in [2.24, 2.45) is 0 Å². The fraction of sp³-hybridized carbons (Fsp3) is 0.0667. The Morgan fingerprint density at radius 3 is 2.75 bits per heavy atom. The van der Waals surface area contributed by atoms with E-state index in [2.05, 4.69) is 9.82 Å². The molecule has 1 N–H and O–H groups in total. The second-order valence-electron chi connectivity index (χ2n) is 4.69. The molecule has 1 aromatic carbocycles. The smallest absolute Gasteiger partial charge is 0.281 e. The number of methoxy groups -OCH3 is 1. The van der Waals surface area contributed by atoms with Gasteiger partial charge in [0.05, 0.1) is 22.5 Å². The molecule has 0 spiro atoms. The summed E-state index contributed by atoms with van der Waals surface area (Å²) in [4.78, 5) is 13.0. The van der Waals surface area contributed by atoms with Crippen molar-refractivity contribution in [3.05, 3.63) is 57.3 Å². The Morgan fingerprint density at radius 1 is 1.21 bits per heavy atom. The average Bonchev–Trinajstić information content (AvgIpc) is 2.98. The predicted octanol–water partition coefficient (Wildman–Crippen LogP) is 4.74.